The van der Waals surface area contributed by atoms with Crippen LogP contribution in [0.4, 0.5) is 4.39 Å². The van der Waals surface area contributed by atoms with Crippen LogP contribution in [0.2, 0.25) is 5.02 Å². The maximum absolute atomic E-state index is 13.2. The summed E-state index contributed by atoms with van der Waals surface area (Å²) in [5, 5.41) is 11.0. The Hall–Kier alpha value is -1.67. The van der Waals surface area contributed by atoms with Crippen molar-refractivity contribution in [2.45, 2.75) is 25.1 Å². The van der Waals surface area contributed by atoms with E-state index in [4.69, 9.17) is 16.3 Å². The van der Waals surface area contributed by atoms with Gasteiger partial charge in [0.1, 0.15) is 24.3 Å². The molecule has 0 aromatic heterocycles. The maximum Gasteiger partial charge on any atom is 0.151 e. The summed E-state index contributed by atoms with van der Waals surface area (Å²) in [6.07, 6.45) is -0.284. The average Bonchev–Trinajstić information content (AvgIpc) is 3.02. The zero-order valence-electron chi connectivity index (χ0n) is 15.3. The Labute approximate surface area is 169 Å². The number of hydrogen-bond donors (Lipinski definition) is 1. The van der Waals surface area contributed by atoms with E-state index in [1.54, 1.807) is 36.4 Å². The third-order valence-corrected chi connectivity index (χ3v) is 6.73. The van der Waals surface area contributed by atoms with Gasteiger partial charge in [-0.25, -0.2) is 12.8 Å². The van der Waals surface area contributed by atoms with Gasteiger partial charge in [0.2, 0.25) is 0 Å². The molecule has 1 aliphatic heterocycles. The molecule has 0 bridgehead atoms. The summed E-state index contributed by atoms with van der Waals surface area (Å²) in [5.41, 5.74) is 0.858. The number of benzene rings is 2. The molecular weight excluding hydrogens is 405 g/mol. The molecule has 2 aromatic rings. The fraction of sp³-hybridized carbons (Fsp3) is 0.400. The first-order valence-electron chi connectivity index (χ1n) is 9.06. The predicted octanol–water partition coefficient (Wildman–Crippen LogP) is 2.91. The van der Waals surface area contributed by atoms with Gasteiger partial charge in [-0.3, -0.25) is 4.90 Å². The molecule has 0 spiro atoms. The largest absolute Gasteiger partial charge is 0.491 e. The second kappa shape index (κ2) is 9.22. The lowest BCUT2D eigenvalue weighted by Crippen LogP contribution is -2.42. The molecule has 0 radical (unpaired) electrons. The first-order valence-corrected chi connectivity index (χ1v) is 11.3. The molecule has 2 aromatic carbocycles. The second-order valence-electron chi connectivity index (χ2n) is 7.03. The Morgan fingerprint density at radius 3 is 2.46 bits per heavy atom. The average molecular weight is 428 g/mol. The van der Waals surface area contributed by atoms with Crippen LogP contribution >= 0.6 is 11.6 Å². The number of ether oxygens (including phenoxy) is 1. The number of hydrogen-bond acceptors (Lipinski definition) is 5. The Kier molecular flexibility index (Phi) is 6.93. The van der Waals surface area contributed by atoms with Gasteiger partial charge in [-0.1, -0.05) is 23.7 Å². The highest BCUT2D eigenvalue weighted by Gasteiger charge is 2.33. The number of sulfone groups is 1. The molecule has 0 amide bonds. The highest BCUT2D eigenvalue weighted by atomic mass is 35.5. The van der Waals surface area contributed by atoms with Crippen LogP contribution in [0.5, 0.6) is 5.75 Å². The maximum atomic E-state index is 13.2. The normalized spacial score (nSPS) is 19.6. The third-order valence-electron chi connectivity index (χ3n) is 4.73. The summed E-state index contributed by atoms with van der Waals surface area (Å²) in [4.78, 5) is 1.94. The van der Waals surface area contributed by atoms with Gasteiger partial charge in [-0.15, -0.1) is 0 Å². The van der Waals surface area contributed by atoms with Gasteiger partial charge in [0.15, 0.2) is 9.84 Å². The van der Waals surface area contributed by atoms with Crippen LogP contribution < -0.4 is 4.74 Å². The summed E-state index contributed by atoms with van der Waals surface area (Å²) < 4.78 is 42.5. The van der Waals surface area contributed by atoms with Crippen molar-refractivity contribution < 1.29 is 22.7 Å². The van der Waals surface area contributed by atoms with E-state index >= 15 is 0 Å². The van der Waals surface area contributed by atoms with Crippen LogP contribution in [-0.4, -0.2) is 55.2 Å². The van der Waals surface area contributed by atoms with Gasteiger partial charge < -0.3 is 9.84 Å². The predicted molar refractivity (Wildman–Crippen MR) is 107 cm³/mol. The molecule has 5 nitrogen and oxygen atoms in total. The number of aliphatic hydroxyl groups excluding tert-OH is 1. The Balaban J connectivity index is 1.63. The lowest BCUT2D eigenvalue weighted by atomic mass is 10.1. The van der Waals surface area contributed by atoms with Crippen molar-refractivity contribution in [2.24, 2.45) is 0 Å². The molecule has 8 heteroatoms. The van der Waals surface area contributed by atoms with Crippen molar-refractivity contribution >= 4 is 21.4 Å². The zero-order valence-corrected chi connectivity index (χ0v) is 16.9. The number of aliphatic hydroxyl groups is 1. The molecule has 1 fully saturated rings. The van der Waals surface area contributed by atoms with E-state index in [1.807, 2.05) is 4.90 Å². The summed E-state index contributed by atoms with van der Waals surface area (Å²) >= 11 is 5.84. The topological polar surface area (TPSA) is 66.8 Å². The molecule has 28 heavy (non-hydrogen) atoms. The van der Waals surface area contributed by atoms with Crippen LogP contribution in [0.1, 0.15) is 12.0 Å². The van der Waals surface area contributed by atoms with Crippen LogP contribution in [0.15, 0.2) is 48.5 Å². The summed E-state index contributed by atoms with van der Waals surface area (Å²) in [5.74, 6) is 0.487. The van der Waals surface area contributed by atoms with E-state index in [9.17, 15) is 17.9 Å². The fourth-order valence-corrected chi connectivity index (χ4v) is 5.16. The van der Waals surface area contributed by atoms with E-state index in [1.165, 1.54) is 12.1 Å². The lowest BCUT2D eigenvalue weighted by molar-refractivity contribution is 0.0524. The smallest absolute Gasteiger partial charge is 0.151 e. The molecule has 1 aliphatic rings. The molecule has 1 saturated heterocycles. The number of rotatable bonds is 8. The monoisotopic (exact) mass is 427 g/mol. The first-order chi connectivity index (χ1) is 13.3. The molecule has 0 saturated carbocycles. The molecule has 3 rings (SSSR count). The van der Waals surface area contributed by atoms with Gasteiger partial charge in [0.05, 0.1) is 11.5 Å². The summed E-state index contributed by atoms with van der Waals surface area (Å²) in [6.45, 7) is 0.755. The second-order valence-corrected chi connectivity index (χ2v) is 9.70. The van der Waals surface area contributed by atoms with Crippen molar-refractivity contribution in [3.63, 3.8) is 0 Å². The Bertz CT molecular complexity index is 874. The minimum absolute atomic E-state index is 0.0684. The van der Waals surface area contributed by atoms with Gasteiger partial charge in [-0.05, 0) is 48.4 Å². The van der Waals surface area contributed by atoms with Crippen LogP contribution in [0.3, 0.4) is 0 Å². The Morgan fingerprint density at radius 1 is 1.18 bits per heavy atom. The van der Waals surface area contributed by atoms with Gasteiger partial charge in [0, 0.05) is 24.2 Å². The molecule has 2 atom stereocenters. The highest BCUT2D eigenvalue weighted by Crippen LogP contribution is 2.21. The van der Waals surface area contributed by atoms with Gasteiger partial charge in [-0.2, -0.15) is 0 Å². The van der Waals surface area contributed by atoms with E-state index in [0.717, 1.165) is 5.56 Å². The highest BCUT2D eigenvalue weighted by molar-refractivity contribution is 7.91. The minimum atomic E-state index is -3.06. The summed E-state index contributed by atoms with van der Waals surface area (Å²) in [7, 11) is -3.06. The molecule has 1 heterocycles. The van der Waals surface area contributed by atoms with Gasteiger partial charge in [0.25, 0.3) is 0 Å². The van der Waals surface area contributed by atoms with Gasteiger partial charge >= 0.3 is 0 Å². The molecular formula is C20H23ClFNO4S. The molecule has 2 unspecified atom stereocenters. The van der Waals surface area contributed by atoms with Crippen LogP contribution in [-0.2, 0) is 16.4 Å². The molecule has 152 valence electrons. The van der Waals surface area contributed by atoms with E-state index < -0.39 is 15.9 Å². The van der Waals surface area contributed by atoms with Crippen molar-refractivity contribution in [2.75, 3.05) is 24.7 Å². The van der Waals surface area contributed by atoms with E-state index in [0.29, 0.717) is 23.7 Å². The van der Waals surface area contributed by atoms with Crippen LogP contribution in [0.25, 0.3) is 0 Å². The SMILES string of the molecule is O=S1(=O)CCC(N(Cc2ccc(F)cc2)CC(O)COc2ccc(Cl)cc2)C1. The van der Waals surface area contributed by atoms with E-state index in [-0.39, 0.29) is 36.5 Å². The summed E-state index contributed by atoms with van der Waals surface area (Å²) in [6, 6.07) is 12.7. The first kappa shape index (κ1) is 21.0. The molecule has 1 N–H and O–H groups in total. The van der Waals surface area contributed by atoms with Crippen molar-refractivity contribution in [3.8, 4) is 5.75 Å². The number of nitrogens with zero attached hydrogens (tertiary/aromatic N) is 1. The Morgan fingerprint density at radius 2 is 1.86 bits per heavy atom. The van der Waals surface area contributed by atoms with Crippen LogP contribution in [0, 0.1) is 5.82 Å². The quantitative estimate of drug-likeness (QED) is 0.701. The number of halogens is 2. The standard InChI is InChI=1S/C20H23ClFNO4S/c21-16-3-7-20(8-4-16)27-13-19(24)12-23(18-9-10-28(25,26)14-18)11-15-1-5-17(22)6-2-15/h1-8,18-19,24H,9-14H2. The van der Waals surface area contributed by atoms with E-state index in [2.05, 4.69) is 0 Å². The molecule has 0 aliphatic carbocycles. The third kappa shape index (κ3) is 6.17. The lowest BCUT2D eigenvalue weighted by Gasteiger charge is -2.30. The zero-order chi connectivity index (χ0) is 20.1. The minimum Gasteiger partial charge on any atom is -0.491 e. The fourth-order valence-electron chi connectivity index (χ4n) is 3.28. The van der Waals surface area contributed by atoms with Crippen molar-refractivity contribution in [1.82, 2.24) is 4.90 Å². The van der Waals surface area contributed by atoms with Crippen molar-refractivity contribution in [1.29, 1.82) is 0 Å². The van der Waals surface area contributed by atoms with Crippen molar-refractivity contribution in [3.05, 3.63) is 64.9 Å².